The number of nitrogens with zero attached hydrogens (tertiary/aromatic N) is 1. The van der Waals surface area contributed by atoms with Crippen LogP contribution in [-0.4, -0.2) is 42.3 Å². The predicted molar refractivity (Wildman–Crippen MR) is 48.6 cm³/mol. The van der Waals surface area contributed by atoms with Gasteiger partial charge < -0.3 is 10.0 Å². The van der Waals surface area contributed by atoms with Gasteiger partial charge in [-0.3, -0.25) is 10.2 Å². The average Bonchev–Trinajstić information content (AvgIpc) is 2.47. The quantitative estimate of drug-likeness (QED) is 0.387. The second kappa shape index (κ2) is 4.55. The Morgan fingerprint density at radius 1 is 1.69 bits per heavy atom. The molecule has 2 atom stereocenters. The van der Waals surface area contributed by atoms with Gasteiger partial charge in [-0.05, 0) is 26.9 Å². The van der Waals surface area contributed by atoms with Gasteiger partial charge in [0.15, 0.2) is 0 Å². The average molecular weight is 187 g/mol. The van der Waals surface area contributed by atoms with Gasteiger partial charge in [-0.1, -0.05) is 0 Å². The number of carbonyl (C=O) groups is 1. The van der Waals surface area contributed by atoms with Gasteiger partial charge in [0, 0.05) is 6.54 Å². The highest BCUT2D eigenvalue weighted by Gasteiger charge is 2.25. The molecule has 0 saturated carbocycles. The summed E-state index contributed by atoms with van der Waals surface area (Å²) in [5.41, 5.74) is 4.95. The summed E-state index contributed by atoms with van der Waals surface area (Å²) in [6.45, 7) is 3.32. The van der Waals surface area contributed by atoms with Gasteiger partial charge in [-0.15, -0.1) is 0 Å². The molecule has 5 nitrogen and oxygen atoms in total. The molecule has 13 heavy (non-hydrogen) atoms. The summed E-state index contributed by atoms with van der Waals surface area (Å²) < 4.78 is 0. The van der Waals surface area contributed by atoms with Crippen LogP contribution < -0.4 is 10.9 Å². The van der Waals surface area contributed by atoms with Crippen LogP contribution in [0.2, 0.25) is 0 Å². The van der Waals surface area contributed by atoms with E-state index in [9.17, 15) is 4.79 Å². The molecule has 3 N–H and O–H groups in total. The molecule has 1 amide bonds. The van der Waals surface area contributed by atoms with Crippen molar-refractivity contribution in [2.75, 3.05) is 20.1 Å². The van der Waals surface area contributed by atoms with Gasteiger partial charge >= 0.3 is 0 Å². The summed E-state index contributed by atoms with van der Waals surface area (Å²) in [5.74, 6) is 0.0153. The lowest BCUT2D eigenvalue weighted by Gasteiger charge is -2.13. The summed E-state index contributed by atoms with van der Waals surface area (Å²) >= 11 is 0. The second-order valence-electron chi connectivity index (χ2n) is 3.56. The first-order valence-electron chi connectivity index (χ1n) is 4.51. The minimum absolute atomic E-state index is 0.0368. The third-order valence-corrected chi connectivity index (χ3v) is 2.17. The van der Waals surface area contributed by atoms with Crippen molar-refractivity contribution in [1.29, 1.82) is 0 Å². The number of amides is 1. The minimum Gasteiger partial charge on any atom is -0.377 e. The fourth-order valence-electron chi connectivity index (χ4n) is 1.43. The Kier molecular flexibility index (Phi) is 3.65. The van der Waals surface area contributed by atoms with Crippen molar-refractivity contribution in [2.24, 2.45) is 5.92 Å². The van der Waals surface area contributed by atoms with E-state index in [1.54, 1.807) is 6.92 Å². The van der Waals surface area contributed by atoms with E-state index in [0.29, 0.717) is 0 Å². The Morgan fingerprint density at radius 3 is 2.85 bits per heavy atom. The first kappa shape index (κ1) is 10.4. The molecule has 0 aromatic heterocycles. The largest absolute Gasteiger partial charge is 0.377 e. The first-order valence-corrected chi connectivity index (χ1v) is 4.51. The summed E-state index contributed by atoms with van der Waals surface area (Å²) in [7, 11) is 2.00. The molecule has 5 heteroatoms. The van der Waals surface area contributed by atoms with E-state index in [4.69, 9.17) is 5.11 Å². The molecule has 0 bridgehead atoms. The minimum atomic E-state index is -0.705. The molecule has 0 aliphatic carbocycles. The van der Waals surface area contributed by atoms with Crippen molar-refractivity contribution in [3.05, 3.63) is 0 Å². The lowest BCUT2D eigenvalue weighted by Crippen LogP contribution is -2.46. The zero-order chi connectivity index (χ0) is 9.84. The highest BCUT2D eigenvalue weighted by molar-refractivity contribution is 5.78. The summed E-state index contributed by atoms with van der Waals surface area (Å²) in [6.07, 6.45) is 0.187. The molecule has 1 fully saturated rings. The van der Waals surface area contributed by atoms with E-state index in [2.05, 4.69) is 15.8 Å². The molecular formula is C8H17N3O2. The maximum Gasteiger partial charge on any atom is 0.238 e. The summed E-state index contributed by atoms with van der Waals surface area (Å²) in [5, 5.41) is 8.86. The van der Waals surface area contributed by atoms with Crippen LogP contribution in [-0.2, 0) is 4.79 Å². The van der Waals surface area contributed by atoms with E-state index in [-0.39, 0.29) is 11.8 Å². The monoisotopic (exact) mass is 187 g/mol. The van der Waals surface area contributed by atoms with Crippen molar-refractivity contribution in [2.45, 2.75) is 19.6 Å². The number of hydrogen-bond donors (Lipinski definition) is 3. The molecule has 0 spiro atoms. The van der Waals surface area contributed by atoms with Crippen molar-refractivity contribution >= 4 is 5.91 Å². The highest BCUT2D eigenvalue weighted by atomic mass is 16.3. The van der Waals surface area contributed by atoms with E-state index in [0.717, 1.165) is 19.5 Å². The third kappa shape index (κ3) is 3.30. The van der Waals surface area contributed by atoms with Crippen LogP contribution in [0, 0.1) is 5.92 Å². The lowest BCUT2D eigenvalue weighted by molar-refractivity contribution is -0.126. The molecule has 1 rings (SSSR count). The topological polar surface area (TPSA) is 64.6 Å². The van der Waals surface area contributed by atoms with Crippen molar-refractivity contribution < 1.29 is 9.90 Å². The predicted octanol–water partition coefficient (Wildman–Crippen LogP) is -1.10. The van der Waals surface area contributed by atoms with Crippen LogP contribution in [0.25, 0.3) is 0 Å². The Labute approximate surface area is 78.1 Å². The number of hydrazine groups is 1. The van der Waals surface area contributed by atoms with Crippen molar-refractivity contribution in [1.82, 2.24) is 15.8 Å². The van der Waals surface area contributed by atoms with E-state index < -0.39 is 6.23 Å². The molecule has 1 heterocycles. The first-order chi connectivity index (χ1) is 6.09. The number of carbonyl (C=O) groups excluding carboxylic acids is 1. The van der Waals surface area contributed by atoms with E-state index in [1.807, 2.05) is 7.05 Å². The molecule has 0 aromatic rings. The van der Waals surface area contributed by atoms with Crippen LogP contribution >= 0.6 is 0 Å². The molecule has 0 radical (unpaired) electrons. The van der Waals surface area contributed by atoms with Gasteiger partial charge in [0.2, 0.25) is 5.91 Å². The zero-order valence-electron chi connectivity index (χ0n) is 8.08. The van der Waals surface area contributed by atoms with E-state index >= 15 is 0 Å². The molecule has 1 aliphatic rings. The third-order valence-electron chi connectivity index (χ3n) is 2.17. The second-order valence-corrected chi connectivity index (χ2v) is 3.56. The fraction of sp³-hybridized carbons (Fsp3) is 0.875. The SMILES string of the molecule is CC(O)NNC(=O)C1CCN(C)C1. The fourth-order valence-corrected chi connectivity index (χ4v) is 1.43. The normalized spacial score (nSPS) is 25.9. The molecule has 1 aliphatic heterocycles. The van der Waals surface area contributed by atoms with Gasteiger partial charge in [-0.25, -0.2) is 5.43 Å². The Hall–Kier alpha value is -0.650. The molecule has 2 unspecified atom stereocenters. The Bertz CT molecular complexity index is 184. The Morgan fingerprint density at radius 2 is 2.38 bits per heavy atom. The summed E-state index contributed by atoms with van der Waals surface area (Å²) in [6, 6.07) is 0. The molecule has 76 valence electrons. The van der Waals surface area contributed by atoms with E-state index in [1.165, 1.54) is 0 Å². The van der Waals surface area contributed by atoms with Gasteiger partial charge in [0.1, 0.15) is 6.23 Å². The Balaban J connectivity index is 2.24. The number of likely N-dealkylation sites (tertiary alicyclic amines) is 1. The molecular weight excluding hydrogens is 170 g/mol. The smallest absolute Gasteiger partial charge is 0.238 e. The lowest BCUT2D eigenvalue weighted by atomic mass is 10.1. The number of nitrogens with one attached hydrogen (secondary N) is 2. The van der Waals surface area contributed by atoms with Crippen molar-refractivity contribution in [3.63, 3.8) is 0 Å². The molecule has 1 saturated heterocycles. The van der Waals surface area contributed by atoms with Crippen LogP contribution in [0.3, 0.4) is 0 Å². The molecule has 0 aromatic carbocycles. The highest BCUT2D eigenvalue weighted by Crippen LogP contribution is 2.13. The maximum absolute atomic E-state index is 11.4. The van der Waals surface area contributed by atoms with Crippen LogP contribution in [0.4, 0.5) is 0 Å². The van der Waals surface area contributed by atoms with Gasteiger partial charge in [0.25, 0.3) is 0 Å². The number of rotatable bonds is 3. The van der Waals surface area contributed by atoms with Gasteiger partial charge in [-0.2, -0.15) is 0 Å². The van der Waals surface area contributed by atoms with Crippen LogP contribution in [0.15, 0.2) is 0 Å². The number of hydrogen-bond acceptors (Lipinski definition) is 4. The van der Waals surface area contributed by atoms with Crippen molar-refractivity contribution in [3.8, 4) is 0 Å². The standard InChI is InChI=1S/C8H17N3O2/c1-6(12)9-10-8(13)7-3-4-11(2)5-7/h6-7,9,12H,3-5H2,1-2H3,(H,10,13). The zero-order valence-corrected chi connectivity index (χ0v) is 8.08. The number of aliphatic hydroxyl groups is 1. The van der Waals surface area contributed by atoms with Gasteiger partial charge in [0.05, 0.1) is 5.92 Å². The maximum atomic E-state index is 11.4. The summed E-state index contributed by atoms with van der Waals surface area (Å²) in [4.78, 5) is 13.5. The van der Waals surface area contributed by atoms with Crippen LogP contribution in [0.5, 0.6) is 0 Å². The van der Waals surface area contributed by atoms with Crippen LogP contribution in [0.1, 0.15) is 13.3 Å². The number of aliphatic hydroxyl groups excluding tert-OH is 1.